The third-order valence-corrected chi connectivity index (χ3v) is 6.96. The second-order valence-corrected chi connectivity index (χ2v) is 9.55. The number of methoxy groups -OCH3 is 1. The van der Waals surface area contributed by atoms with Gasteiger partial charge in [0.25, 0.3) is 0 Å². The average Bonchev–Trinajstić information content (AvgIpc) is 3.19. The number of hydrogen-bond acceptors (Lipinski definition) is 5. The molecule has 0 unspecified atom stereocenters. The van der Waals surface area contributed by atoms with Crippen molar-refractivity contribution in [1.82, 2.24) is 19.6 Å². The predicted molar refractivity (Wildman–Crippen MR) is 140 cm³/mol. The molecular formula is C28H38FN5O. The van der Waals surface area contributed by atoms with Crippen LogP contribution in [0.4, 0.5) is 10.2 Å². The lowest BCUT2D eigenvalue weighted by Gasteiger charge is -2.36. The molecule has 35 heavy (non-hydrogen) atoms. The van der Waals surface area contributed by atoms with Crippen LogP contribution in [-0.4, -0.2) is 65.5 Å². The minimum atomic E-state index is -0.236. The van der Waals surface area contributed by atoms with Gasteiger partial charge in [-0.15, -0.1) is 0 Å². The lowest BCUT2D eigenvalue weighted by atomic mass is 10.1. The number of aromatic nitrogens is 2. The van der Waals surface area contributed by atoms with Gasteiger partial charge in [-0.25, -0.2) is 9.07 Å². The van der Waals surface area contributed by atoms with Crippen LogP contribution in [-0.2, 0) is 13.1 Å². The van der Waals surface area contributed by atoms with Crippen molar-refractivity contribution in [3.63, 3.8) is 0 Å². The van der Waals surface area contributed by atoms with E-state index in [4.69, 9.17) is 9.84 Å². The first kappa shape index (κ1) is 25.2. The first-order valence-corrected chi connectivity index (χ1v) is 12.6. The fourth-order valence-electron chi connectivity index (χ4n) is 4.72. The number of hydrogen-bond donors (Lipinski definition) is 0. The molecule has 1 aliphatic rings. The highest BCUT2D eigenvalue weighted by Crippen LogP contribution is 2.31. The molecule has 0 bridgehead atoms. The van der Waals surface area contributed by atoms with Crippen LogP contribution < -0.4 is 9.64 Å². The normalized spacial score (nSPS) is 14.8. The van der Waals surface area contributed by atoms with E-state index < -0.39 is 0 Å². The summed E-state index contributed by atoms with van der Waals surface area (Å²) in [5.74, 6) is 1.77. The van der Waals surface area contributed by atoms with Gasteiger partial charge in [0, 0.05) is 50.9 Å². The zero-order chi connectivity index (χ0) is 24.9. The van der Waals surface area contributed by atoms with E-state index in [1.54, 1.807) is 7.11 Å². The first-order valence-electron chi connectivity index (χ1n) is 12.6. The summed E-state index contributed by atoms with van der Waals surface area (Å²) < 4.78 is 21.1. The lowest BCUT2D eigenvalue weighted by Crippen LogP contribution is -2.47. The Labute approximate surface area is 208 Å². The van der Waals surface area contributed by atoms with E-state index in [-0.39, 0.29) is 5.82 Å². The Morgan fingerprint density at radius 1 is 1.03 bits per heavy atom. The van der Waals surface area contributed by atoms with Crippen LogP contribution in [0.1, 0.15) is 37.6 Å². The summed E-state index contributed by atoms with van der Waals surface area (Å²) in [6, 6.07) is 15.3. The second kappa shape index (κ2) is 11.2. The molecule has 0 amide bonds. The molecule has 1 aromatic heterocycles. The number of ether oxygens (including phenoxy) is 1. The third kappa shape index (κ3) is 5.85. The molecule has 0 spiro atoms. The number of likely N-dealkylation sites (N-methyl/N-ethyl adjacent to an activating group) is 1. The first-order chi connectivity index (χ1) is 16.9. The van der Waals surface area contributed by atoms with E-state index in [0.29, 0.717) is 6.04 Å². The fourth-order valence-corrected chi connectivity index (χ4v) is 4.72. The zero-order valence-corrected chi connectivity index (χ0v) is 21.7. The number of piperazine rings is 1. The Balaban J connectivity index is 1.70. The molecule has 7 heteroatoms. The number of benzene rings is 2. The molecule has 0 atom stereocenters. The molecular weight excluding hydrogens is 441 g/mol. The third-order valence-electron chi connectivity index (χ3n) is 6.96. The number of anilines is 1. The Hall–Kier alpha value is -2.90. The fraction of sp³-hybridized carbons (Fsp3) is 0.464. The van der Waals surface area contributed by atoms with Crippen molar-refractivity contribution in [2.75, 3.05) is 44.7 Å². The van der Waals surface area contributed by atoms with Gasteiger partial charge >= 0.3 is 0 Å². The van der Waals surface area contributed by atoms with Gasteiger partial charge in [0.2, 0.25) is 0 Å². The topological polar surface area (TPSA) is 36.8 Å². The van der Waals surface area contributed by atoms with Crippen molar-refractivity contribution in [2.45, 2.75) is 46.8 Å². The van der Waals surface area contributed by atoms with E-state index in [2.05, 4.69) is 54.5 Å². The highest BCUT2D eigenvalue weighted by atomic mass is 19.1. The van der Waals surface area contributed by atoms with Gasteiger partial charge in [0.05, 0.1) is 18.5 Å². The Morgan fingerprint density at radius 2 is 1.74 bits per heavy atom. The molecule has 3 aromatic rings. The lowest BCUT2D eigenvalue weighted by molar-refractivity contribution is 0.203. The van der Waals surface area contributed by atoms with Gasteiger partial charge in [-0.3, -0.25) is 4.90 Å². The maximum absolute atomic E-state index is 13.7. The van der Waals surface area contributed by atoms with Crippen molar-refractivity contribution >= 4 is 5.82 Å². The van der Waals surface area contributed by atoms with Gasteiger partial charge in [-0.05, 0) is 69.3 Å². The van der Waals surface area contributed by atoms with Crippen LogP contribution in [0.25, 0.3) is 5.69 Å². The highest BCUT2D eigenvalue weighted by Gasteiger charge is 2.27. The predicted octanol–water partition coefficient (Wildman–Crippen LogP) is 4.88. The van der Waals surface area contributed by atoms with Gasteiger partial charge < -0.3 is 14.5 Å². The Kier molecular flexibility index (Phi) is 8.08. The van der Waals surface area contributed by atoms with Gasteiger partial charge in [-0.2, -0.15) is 5.10 Å². The quantitative estimate of drug-likeness (QED) is 0.437. The van der Waals surface area contributed by atoms with Gasteiger partial charge in [0.15, 0.2) is 0 Å². The highest BCUT2D eigenvalue weighted by molar-refractivity contribution is 5.56. The maximum atomic E-state index is 13.7. The number of halogens is 1. The molecule has 1 saturated heterocycles. The minimum Gasteiger partial charge on any atom is -0.497 e. The van der Waals surface area contributed by atoms with Gasteiger partial charge in [0.1, 0.15) is 17.4 Å². The monoisotopic (exact) mass is 479 g/mol. The van der Waals surface area contributed by atoms with E-state index in [9.17, 15) is 4.39 Å². The largest absolute Gasteiger partial charge is 0.497 e. The van der Waals surface area contributed by atoms with E-state index in [1.807, 2.05) is 28.9 Å². The van der Waals surface area contributed by atoms with Crippen LogP contribution in [0.3, 0.4) is 0 Å². The molecule has 2 aromatic carbocycles. The summed E-state index contributed by atoms with van der Waals surface area (Å²) >= 11 is 0. The molecule has 1 fully saturated rings. The molecule has 0 aliphatic carbocycles. The maximum Gasteiger partial charge on any atom is 0.137 e. The summed E-state index contributed by atoms with van der Waals surface area (Å²) in [4.78, 5) is 7.40. The van der Waals surface area contributed by atoms with E-state index in [1.165, 1.54) is 23.3 Å². The minimum absolute atomic E-state index is 0.236. The molecule has 2 heterocycles. The van der Waals surface area contributed by atoms with E-state index >= 15 is 0 Å². The standard InChI is InChI=1S/C28H38FN5O/c1-6-31-14-16-32(17-15-31)28-27(22(4)30-34(28)25-12-10-24(29)11-13-25)20-33(21(2)3)19-23-8-7-9-26(18-23)35-5/h7-13,18,21H,6,14-17,19-20H2,1-5H3. The average molecular weight is 480 g/mol. The van der Waals surface area contributed by atoms with Crippen molar-refractivity contribution < 1.29 is 9.13 Å². The summed E-state index contributed by atoms with van der Waals surface area (Å²) in [6.45, 7) is 15.4. The number of rotatable bonds is 9. The van der Waals surface area contributed by atoms with Crippen LogP contribution >= 0.6 is 0 Å². The molecule has 0 N–H and O–H groups in total. The zero-order valence-electron chi connectivity index (χ0n) is 21.7. The Morgan fingerprint density at radius 3 is 2.37 bits per heavy atom. The van der Waals surface area contributed by atoms with Crippen molar-refractivity contribution in [3.8, 4) is 11.4 Å². The van der Waals surface area contributed by atoms with Crippen LogP contribution in [0.15, 0.2) is 48.5 Å². The van der Waals surface area contributed by atoms with Crippen molar-refractivity contribution in [3.05, 3.63) is 71.2 Å². The molecule has 188 valence electrons. The number of nitrogens with zero attached hydrogens (tertiary/aromatic N) is 5. The van der Waals surface area contributed by atoms with Crippen molar-refractivity contribution in [2.24, 2.45) is 0 Å². The van der Waals surface area contributed by atoms with Crippen LogP contribution in [0.5, 0.6) is 5.75 Å². The SMILES string of the molecule is CCN1CCN(c2c(CN(Cc3cccc(OC)c3)C(C)C)c(C)nn2-c2ccc(F)cc2)CC1. The number of aryl methyl sites for hydroxylation is 1. The Bertz CT molecular complexity index is 1100. The van der Waals surface area contributed by atoms with Gasteiger partial charge in [-0.1, -0.05) is 19.1 Å². The summed E-state index contributed by atoms with van der Waals surface area (Å²) in [6.07, 6.45) is 0. The molecule has 6 nitrogen and oxygen atoms in total. The summed E-state index contributed by atoms with van der Waals surface area (Å²) in [5.41, 5.74) is 4.35. The molecule has 0 saturated carbocycles. The summed E-state index contributed by atoms with van der Waals surface area (Å²) in [7, 11) is 1.71. The van der Waals surface area contributed by atoms with Crippen LogP contribution in [0, 0.1) is 12.7 Å². The van der Waals surface area contributed by atoms with Crippen molar-refractivity contribution in [1.29, 1.82) is 0 Å². The summed E-state index contributed by atoms with van der Waals surface area (Å²) in [5, 5.41) is 4.96. The van der Waals surface area contributed by atoms with E-state index in [0.717, 1.165) is 68.8 Å². The van der Waals surface area contributed by atoms with Crippen LogP contribution in [0.2, 0.25) is 0 Å². The molecule has 0 radical (unpaired) electrons. The molecule has 4 rings (SSSR count). The molecule has 1 aliphatic heterocycles. The second-order valence-electron chi connectivity index (χ2n) is 9.55. The smallest absolute Gasteiger partial charge is 0.137 e.